The van der Waals surface area contributed by atoms with Crippen molar-refractivity contribution < 1.29 is 14.3 Å². The molecular weight excluding hydrogens is 390 g/mol. The largest absolute Gasteiger partial charge is 0.480 e. The Hall–Kier alpha value is -2.45. The van der Waals surface area contributed by atoms with E-state index in [9.17, 15) is 9.59 Å². The summed E-state index contributed by atoms with van der Waals surface area (Å²) >= 11 is 7.32. The number of rotatable bonds is 7. The zero-order valence-electron chi connectivity index (χ0n) is 14.8. The first kappa shape index (κ1) is 19.3. The molecule has 0 spiro atoms. The van der Waals surface area contributed by atoms with Crippen LogP contribution < -0.4 is 10.3 Å². The van der Waals surface area contributed by atoms with Crippen molar-refractivity contribution in [3.8, 4) is 5.75 Å². The predicted octanol–water partition coefficient (Wildman–Crippen LogP) is 3.13. The molecule has 0 saturated carbocycles. The lowest BCUT2D eigenvalue weighted by Gasteiger charge is -2.07. The number of esters is 1. The Morgan fingerprint density at radius 1 is 1.33 bits per heavy atom. The van der Waals surface area contributed by atoms with Crippen molar-refractivity contribution in [2.75, 3.05) is 6.61 Å². The Morgan fingerprint density at radius 2 is 2.11 bits per heavy atom. The summed E-state index contributed by atoms with van der Waals surface area (Å²) in [7, 11) is 0. The third-order valence-corrected chi connectivity index (χ3v) is 4.73. The van der Waals surface area contributed by atoms with Crippen molar-refractivity contribution in [2.45, 2.75) is 26.9 Å². The van der Waals surface area contributed by atoms with Crippen LogP contribution in [0, 0.1) is 5.92 Å². The lowest BCUT2D eigenvalue weighted by molar-refractivity contribution is -0.147. The highest BCUT2D eigenvalue weighted by Crippen LogP contribution is 2.23. The Morgan fingerprint density at radius 3 is 2.85 bits per heavy atom. The molecule has 142 valence electrons. The Kier molecular flexibility index (Phi) is 6.08. The average molecular weight is 408 g/mol. The topological polar surface area (TPSA) is 82.8 Å². The van der Waals surface area contributed by atoms with Crippen molar-refractivity contribution >= 4 is 33.9 Å². The van der Waals surface area contributed by atoms with Gasteiger partial charge in [0.05, 0.1) is 10.7 Å². The fourth-order valence-corrected chi connectivity index (χ4v) is 3.62. The zero-order valence-corrected chi connectivity index (χ0v) is 16.4. The second-order valence-electron chi connectivity index (χ2n) is 6.25. The minimum Gasteiger partial charge on any atom is -0.480 e. The Balaban J connectivity index is 1.61. The molecule has 1 aromatic carbocycles. The van der Waals surface area contributed by atoms with Gasteiger partial charge in [0.15, 0.2) is 6.61 Å². The summed E-state index contributed by atoms with van der Waals surface area (Å²) in [6, 6.07) is 8.15. The third-order valence-electron chi connectivity index (χ3n) is 3.49. The number of carbonyl (C=O) groups excluding carboxylic acids is 1. The van der Waals surface area contributed by atoms with Gasteiger partial charge in [-0.15, -0.1) is 0 Å². The molecule has 0 radical (unpaired) electrons. The average Bonchev–Trinajstić information content (AvgIpc) is 3.01. The number of benzene rings is 1. The van der Waals surface area contributed by atoms with E-state index in [1.807, 2.05) is 0 Å². The molecule has 3 rings (SSSR count). The van der Waals surface area contributed by atoms with Crippen LogP contribution in [0.3, 0.4) is 0 Å². The van der Waals surface area contributed by atoms with Crippen LogP contribution in [0.4, 0.5) is 0 Å². The summed E-state index contributed by atoms with van der Waals surface area (Å²) in [5, 5.41) is 5.53. The van der Waals surface area contributed by atoms with Gasteiger partial charge in [-0.1, -0.05) is 48.9 Å². The van der Waals surface area contributed by atoms with Gasteiger partial charge in [0.2, 0.25) is 4.96 Å². The summed E-state index contributed by atoms with van der Waals surface area (Å²) in [6.07, 6.45) is 0.775. The molecule has 0 bridgehead atoms. The molecule has 0 saturated heterocycles. The number of fused-ring (bicyclic) bond motifs is 1. The number of para-hydroxylation sites is 1. The minimum atomic E-state index is -0.582. The third kappa shape index (κ3) is 5.05. The molecular formula is C18H18ClN3O4S. The monoisotopic (exact) mass is 407 g/mol. The number of carbonyl (C=O) groups is 1. The van der Waals surface area contributed by atoms with E-state index in [1.54, 1.807) is 24.3 Å². The van der Waals surface area contributed by atoms with Crippen LogP contribution in [-0.2, 0) is 22.6 Å². The molecule has 9 heteroatoms. The smallest absolute Gasteiger partial charge is 0.344 e. The molecule has 0 fully saturated rings. The van der Waals surface area contributed by atoms with Crippen molar-refractivity contribution in [1.29, 1.82) is 0 Å². The van der Waals surface area contributed by atoms with Gasteiger partial charge in [0.1, 0.15) is 17.4 Å². The molecule has 0 unspecified atom stereocenters. The lowest BCUT2D eigenvalue weighted by Crippen LogP contribution is -2.18. The summed E-state index contributed by atoms with van der Waals surface area (Å²) in [5.74, 6) is 0.248. The fraction of sp³-hybridized carbons (Fsp3) is 0.333. The van der Waals surface area contributed by atoms with Crippen LogP contribution in [-0.4, -0.2) is 27.2 Å². The van der Waals surface area contributed by atoms with Crippen LogP contribution in [0.5, 0.6) is 5.75 Å². The molecule has 3 aromatic rings. The van der Waals surface area contributed by atoms with Crippen LogP contribution in [0.1, 0.15) is 24.5 Å². The Bertz CT molecular complexity index is 1020. The van der Waals surface area contributed by atoms with E-state index in [-0.39, 0.29) is 18.8 Å². The predicted molar refractivity (Wildman–Crippen MR) is 102 cm³/mol. The van der Waals surface area contributed by atoms with Crippen molar-refractivity contribution in [3.63, 3.8) is 0 Å². The molecule has 0 amide bonds. The van der Waals surface area contributed by atoms with Crippen LogP contribution in [0.25, 0.3) is 4.96 Å². The molecule has 2 aromatic heterocycles. The van der Waals surface area contributed by atoms with Gasteiger partial charge in [-0.25, -0.2) is 9.78 Å². The molecule has 0 aliphatic rings. The fourth-order valence-electron chi connectivity index (χ4n) is 2.30. The van der Waals surface area contributed by atoms with Gasteiger partial charge in [0.25, 0.3) is 5.56 Å². The number of nitrogens with zero attached hydrogens (tertiary/aromatic N) is 3. The van der Waals surface area contributed by atoms with E-state index in [0.29, 0.717) is 27.3 Å². The maximum atomic E-state index is 12.2. The van der Waals surface area contributed by atoms with Crippen molar-refractivity contribution in [1.82, 2.24) is 14.6 Å². The second-order valence-corrected chi connectivity index (χ2v) is 7.70. The summed E-state index contributed by atoms with van der Waals surface area (Å²) in [4.78, 5) is 28.9. The zero-order chi connectivity index (χ0) is 19.4. The number of hydrogen-bond donors (Lipinski definition) is 0. The van der Waals surface area contributed by atoms with E-state index < -0.39 is 5.97 Å². The van der Waals surface area contributed by atoms with Gasteiger partial charge < -0.3 is 9.47 Å². The van der Waals surface area contributed by atoms with Crippen molar-refractivity contribution in [2.24, 2.45) is 5.92 Å². The molecule has 7 nitrogen and oxygen atoms in total. The van der Waals surface area contributed by atoms with Crippen LogP contribution in [0.15, 0.2) is 35.1 Å². The number of hydrogen-bond acceptors (Lipinski definition) is 7. The molecule has 0 atom stereocenters. The van der Waals surface area contributed by atoms with Gasteiger partial charge >= 0.3 is 5.97 Å². The second kappa shape index (κ2) is 8.49. The summed E-state index contributed by atoms with van der Waals surface area (Å²) in [5.41, 5.74) is 0.0652. The molecule has 0 N–H and O–H groups in total. The maximum absolute atomic E-state index is 12.2. The summed E-state index contributed by atoms with van der Waals surface area (Å²) < 4.78 is 11.7. The normalized spacial score (nSPS) is 11.1. The summed E-state index contributed by atoms with van der Waals surface area (Å²) in [6.45, 7) is 3.76. The highest BCUT2D eigenvalue weighted by molar-refractivity contribution is 7.16. The van der Waals surface area contributed by atoms with Crippen LogP contribution >= 0.6 is 22.9 Å². The quantitative estimate of drug-likeness (QED) is 0.559. The van der Waals surface area contributed by atoms with E-state index in [1.165, 1.54) is 21.9 Å². The first-order valence-corrected chi connectivity index (χ1v) is 9.53. The first-order valence-electron chi connectivity index (χ1n) is 8.34. The maximum Gasteiger partial charge on any atom is 0.344 e. The van der Waals surface area contributed by atoms with Gasteiger partial charge in [-0.05, 0) is 18.1 Å². The highest BCUT2D eigenvalue weighted by atomic mass is 35.5. The standard InChI is InChI=1S/C18H18ClN3O4S/c1-11(2)7-15-21-22-16(23)8-12(20-18(22)27-15)9-26-17(24)10-25-14-6-4-3-5-13(14)19/h3-6,8,11H,7,9-10H2,1-2H3. The molecule has 0 aliphatic heterocycles. The van der Waals surface area contributed by atoms with E-state index in [4.69, 9.17) is 21.1 Å². The van der Waals surface area contributed by atoms with E-state index in [0.717, 1.165) is 11.4 Å². The number of halogens is 1. The highest BCUT2D eigenvalue weighted by Gasteiger charge is 2.12. The van der Waals surface area contributed by atoms with Crippen LogP contribution in [0.2, 0.25) is 5.02 Å². The van der Waals surface area contributed by atoms with E-state index in [2.05, 4.69) is 23.9 Å². The van der Waals surface area contributed by atoms with Gasteiger partial charge in [-0.2, -0.15) is 9.61 Å². The van der Waals surface area contributed by atoms with Gasteiger partial charge in [0, 0.05) is 12.5 Å². The number of aromatic nitrogens is 3. The first-order chi connectivity index (χ1) is 12.9. The molecule has 27 heavy (non-hydrogen) atoms. The van der Waals surface area contributed by atoms with E-state index >= 15 is 0 Å². The molecule has 0 aliphatic carbocycles. The van der Waals surface area contributed by atoms with Crippen molar-refractivity contribution in [3.05, 3.63) is 56.4 Å². The molecule has 2 heterocycles. The lowest BCUT2D eigenvalue weighted by atomic mass is 10.1. The van der Waals surface area contributed by atoms with Gasteiger partial charge in [-0.3, -0.25) is 4.79 Å². The number of ether oxygens (including phenoxy) is 2. The Labute approximate surface area is 164 Å². The SMILES string of the molecule is CC(C)Cc1nn2c(=O)cc(COC(=O)COc3ccccc3Cl)nc2s1. The minimum absolute atomic E-state index is 0.117.